The van der Waals surface area contributed by atoms with Gasteiger partial charge in [0.15, 0.2) is 0 Å². The zero-order chi connectivity index (χ0) is 9.90. The van der Waals surface area contributed by atoms with Crippen LogP contribution in [0.25, 0.3) is 0 Å². The summed E-state index contributed by atoms with van der Waals surface area (Å²) in [5, 5.41) is 2.53. The molecular formula is C8H15NO3S. The summed E-state index contributed by atoms with van der Waals surface area (Å²) in [5.41, 5.74) is 0. The monoisotopic (exact) mass is 205 g/mol. The summed E-state index contributed by atoms with van der Waals surface area (Å²) < 4.78 is 22.5. The highest BCUT2D eigenvalue weighted by molar-refractivity contribution is 8.06. The minimum Gasteiger partial charge on any atom is -0.317 e. The fourth-order valence-corrected chi connectivity index (χ4v) is 2.48. The number of piperidine rings is 1. The summed E-state index contributed by atoms with van der Waals surface area (Å²) in [5.74, 6) is -0.346. The van der Waals surface area contributed by atoms with Crippen molar-refractivity contribution >= 4 is 15.0 Å². The highest BCUT2D eigenvalue weighted by atomic mass is 32.2. The lowest BCUT2D eigenvalue weighted by Gasteiger charge is -2.20. The van der Waals surface area contributed by atoms with E-state index in [1.165, 1.54) is 6.92 Å². The molecule has 0 radical (unpaired) electrons. The minimum absolute atomic E-state index is 0.0736. The maximum atomic E-state index is 11.4. The van der Waals surface area contributed by atoms with Crippen molar-refractivity contribution in [3.63, 3.8) is 0 Å². The smallest absolute Gasteiger partial charge is 0.249 e. The molecule has 0 amide bonds. The second-order valence-electron chi connectivity index (χ2n) is 3.25. The molecule has 1 N–H and O–H groups in total. The van der Waals surface area contributed by atoms with Gasteiger partial charge in [-0.25, -0.2) is 8.42 Å². The van der Waals surface area contributed by atoms with Crippen LogP contribution in [0, 0.1) is 5.92 Å². The molecule has 0 aromatic rings. The van der Waals surface area contributed by atoms with Crippen molar-refractivity contribution in [1.82, 2.24) is 5.32 Å². The van der Waals surface area contributed by atoms with Gasteiger partial charge in [-0.3, -0.25) is 4.79 Å². The molecule has 0 atom stereocenters. The Kier molecular flexibility index (Phi) is 3.44. The fraction of sp³-hybridized carbons (Fsp3) is 0.875. The highest BCUT2D eigenvalue weighted by Gasteiger charge is 2.29. The second kappa shape index (κ2) is 4.19. The minimum atomic E-state index is -3.46. The lowest BCUT2D eigenvalue weighted by Crippen LogP contribution is -2.35. The van der Waals surface area contributed by atoms with E-state index < -0.39 is 15.0 Å². The van der Waals surface area contributed by atoms with Crippen molar-refractivity contribution in [2.45, 2.75) is 19.8 Å². The van der Waals surface area contributed by atoms with E-state index in [0.717, 1.165) is 13.1 Å². The molecule has 1 saturated heterocycles. The Morgan fingerprint density at radius 1 is 1.38 bits per heavy atom. The largest absolute Gasteiger partial charge is 0.317 e. The molecule has 0 aliphatic carbocycles. The lowest BCUT2D eigenvalue weighted by molar-refractivity contribution is -0.115. The third-order valence-corrected chi connectivity index (χ3v) is 4.07. The van der Waals surface area contributed by atoms with E-state index in [4.69, 9.17) is 0 Å². The molecule has 0 unspecified atom stereocenters. The molecule has 13 heavy (non-hydrogen) atoms. The first kappa shape index (κ1) is 10.7. The van der Waals surface area contributed by atoms with Gasteiger partial charge in [0.05, 0.1) is 5.75 Å². The molecule has 1 aliphatic rings. The van der Waals surface area contributed by atoms with Gasteiger partial charge in [0.25, 0.3) is 0 Å². The van der Waals surface area contributed by atoms with E-state index in [2.05, 4.69) is 5.32 Å². The van der Waals surface area contributed by atoms with Gasteiger partial charge in [-0.05, 0) is 25.9 Å². The SMILES string of the molecule is CCS(=O)(=O)C(=O)C1CCNCC1. The number of hydrogen-bond acceptors (Lipinski definition) is 4. The Balaban J connectivity index is 2.66. The van der Waals surface area contributed by atoms with Crippen LogP contribution in [0.4, 0.5) is 0 Å². The normalized spacial score (nSPS) is 20.1. The third kappa shape index (κ3) is 2.51. The molecule has 0 spiro atoms. The molecule has 76 valence electrons. The van der Waals surface area contributed by atoms with Gasteiger partial charge in [0, 0.05) is 5.92 Å². The first-order valence-electron chi connectivity index (χ1n) is 4.55. The van der Waals surface area contributed by atoms with Gasteiger partial charge in [-0.1, -0.05) is 6.92 Å². The summed E-state index contributed by atoms with van der Waals surface area (Å²) in [7, 11) is -3.46. The molecule has 5 heteroatoms. The van der Waals surface area contributed by atoms with E-state index in [1.54, 1.807) is 0 Å². The van der Waals surface area contributed by atoms with Crippen molar-refractivity contribution in [2.24, 2.45) is 5.92 Å². The number of carbonyl (C=O) groups excluding carboxylic acids is 1. The predicted octanol–water partition coefficient (Wildman–Crippen LogP) is -0.0527. The zero-order valence-electron chi connectivity index (χ0n) is 7.75. The average molecular weight is 205 g/mol. The first-order valence-corrected chi connectivity index (χ1v) is 6.20. The Hall–Kier alpha value is -0.420. The van der Waals surface area contributed by atoms with Gasteiger partial charge in [0.2, 0.25) is 15.0 Å². The van der Waals surface area contributed by atoms with E-state index >= 15 is 0 Å². The predicted molar refractivity (Wildman–Crippen MR) is 50.1 cm³/mol. The van der Waals surface area contributed by atoms with Crippen LogP contribution in [-0.4, -0.2) is 32.4 Å². The van der Waals surface area contributed by atoms with Gasteiger partial charge in [0.1, 0.15) is 0 Å². The van der Waals surface area contributed by atoms with E-state index in [9.17, 15) is 13.2 Å². The third-order valence-electron chi connectivity index (χ3n) is 2.36. The molecule has 4 nitrogen and oxygen atoms in total. The molecule has 0 saturated carbocycles. The van der Waals surface area contributed by atoms with Crippen LogP contribution in [0.1, 0.15) is 19.8 Å². The topological polar surface area (TPSA) is 63.2 Å². The van der Waals surface area contributed by atoms with Crippen molar-refractivity contribution in [1.29, 1.82) is 0 Å². The quantitative estimate of drug-likeness (QED) is 0.686. The van der Waals surface area contributed by atoms with Crippen LogP contribution in [0.3, 0.4) is 0 Å². The van der Waals surface area contributed by atoms with Crippen LogP contribution in [-0.2, 0) is 14.6 Å². The summed E-state index contributed by atoms with van der Waals surface area (Å²) in [4.78, 5) is 11.4. The highest BCUT2D eigenvalue weighted by Crippen LogP contribution is 2.16. The Morgan fingerprint density at radius 3 is 2.38 bits per heavy atom. The number of nitrogens with one attached hydrogen (secondary N) is 1. The summed E-state index contributed by atoms with van der Waals surface area (Å²) in [6.07, 6.45) is 1.30. The summed E-state index contributed by atoms with van der Waals surface area (Å²) in [6.45, 7) is 3.00. The number of rotatable bonds is 2. The molecule has 1 aliphatic heterocycles. The average Bonchev–Trinajstić information content (AvgIpc) is 2.18. The fourth-order valence-electron chi connectivity index (χ4n) is 1.45. The molecular weight excluding hydrogens is 190 g/mol. The molecule has 0 bridgehead atoms. The first-order chi connectivity index (χ1) is 6.08. The maximum Gasteiger partial charge on any atom is 0.249 e. The van der Waals surface area contributed by atoms with Gasteiger partial charge in [-0.15, -0.1) is 0 Å². The number of carbonyl (C=O) groups is 1. The van der Waals surface area contributed by atoms with Crippen LogP contribution in [0.5, 0.6) is 0 Å². The number of hydrogen-bond donors (Lipinski definition) is 1. The number of sulfone groups is 1. The van der Waals surface area contributed by atoms with E-state index in [-0.39, 0.29) is 11.7 Å². The van der Waals surface area contributed by atoms with Gasteiger partial charge >= 0.3 is 0 Å². The summed E-state index contributed by atoms with van der Waals surface area (Å²) in [6, 6.07) is 0. The molecule has 1 rings (SSSR count). The van der Waals surface area contributed by atoms with Crippen LogP contribution in [0.2, 0.25) is 0 Å². The van der Waals surface area contributed by atoms with Crippen molar-refractivity contribution in [3.8, 4) is 0 Å². The van der Waals surface area contributed by atoms with Crippen LogP contribution < -0.4 is 5.32 Å². The van der Waals surface area contributed by atoms with Crippen LogP contribution in [0.15, 0.2) is 0 Å². The Labute approximate surface area is 78.6 Å². The standard InChI is InChI=1S/C8H15NO3S/c1-2-13(11,12)8(10)7-3-5-9-6-4-7/h7,9H,2-6H2,1H3. The van der Waals surface area contributed by atoms with Gasteiger partial charge in [-0.2, -0.15) is 0 Å². The maximum absolute atomic E-state index is 11.4. The Morgan fingerprint density at radius 2 is 1.92 bits per heavy atom. The van der Waals surface area contributed by atoms with Crippen molar-refractivity contribution < 1.29 is 13.2 Å². The van der Waals surface area contributed by atoms with Crippen molar-refractivity contribution in [3.05, 3.63) is 0 Å². The van der Waals surface area contributed by atoms with Crippen LogP contribution >= 0.6 is 0 Å². The lowest BCUT2D eigenvalue weighted by atomic mass is 10.0. The zero-order valence-corrected chi connectivity index (χ0v) is 8.56. The summed E-state index contributed by atoms with van der Waals surface area (Å²) >= 11 is 0. The Bertz CT molecular complexity index is 278. The molecule has 1 fully saturated rings. The van der Waals surface area contributed by atoms with Gasteiger partial charge < -0.3 is 5.32 Å². The van der Waals surface area contributed by atoms with Crippen molar-refractivity contribution in [2.75, 3.05) is 18.8 Å². The molecule has 1 heterocycles. The molecule has 0 aromatic heterocycles. The van der Waals surface area contributed by atoms with E-state index in [1.807, 2.05) is 0 Å². The second-order valence-corrected chi connectivity index (χ2v) is 5.46. The van der Waals surface area contributed by atoms with E-state index in [0.29, 0.717) is 12.8 Å². The molecule has 0 aromatic carbocycles.